The van der Waals surface area contributed by atoms with Crippen LogP contribution in [0.1, 0.15) is 25.7 Å². The molecule has 26 heavy (non-hydrogen) atoms. The van der Waals surface area contributed by atoms with Crippen LogP contribution in [-0.4, -0.2) is 32.6 Å². The van der Waals surface area contributed by atoms with E-state index >= 15 is 0 Å². The summed E-state index contributed by atoms with van der Waals surface area (Å²) in [4.78, 5) is 20.6. The number of rotatable bonds is 5. The van der Waals surface area contributed by atoms with E-state index in [0.29, 0.717) is 12.4 Å². The molecule has 1 N–H and O–H groups in total. The molecule has 0 atom stereocenters. The molecule has 1 amide bonds. The van der Waals surface area contributed by atoms with Gasteiger partial charge in [-0.3, -0.25) is 9.78 Å². The minimum absolute atomic E-state index is 0.0599. The molecule has 0 radical (unpaired) electrons. The van der Waals surface area contributed by atoms with Crippen LogP contribution < -0.4 is 10.1 Å². The first kappa shape index (κ1) is 16.6. The molecule has 1 aliphatic rings. The Morgan fingerprint density at radius 3 is 2.81 bits per heavy atom. The van der Waals surface area contributed by atoms with Crippen molar-refractivity contribution in [3.63, 3.8) is 0 Å². The molecule has 134 valence electrons. The number of nitrogens with one attached hydrogen (secondary N) is 1. The summed E-state index contributed by atoms with van der Waals surface area (Å²) >= 11 is 0. The van der Waals surface area contributed by atoms with Crippen molar-refractivity contribution >= 4 is 16.8 Å². The number of amides is 1. The SMILES string of the molecule is O=C(Cn1ccc2ccccc21)NC1CCC(Oc2cnccn2)CC1. The second kappa shape index (κ2) is 7.56. The Labute approximate surface area is 152 Å². The van der Waals surface area contributed by atoms with E-state index in [1.807, 2.05) is 35.0 Å². The lowest BCUT2D eigenvalue weighted by Crippen LogP contribution is -2.41. The third-order valence-electron chi connectivity index (χ3n) is 4.86. The van der Waals surface area contributed by atoms with Gasteiger partial charge >= 0.3 is 0 Å². The number of nitrogens with zero attached hydrogens (tertiary/aromatic N) is 3. The lowest BCUT2D eigenvalue weighted by Gasteiger charge is -2.29. The average Bonchev–Trinajstić information content (AvgIpc) is 3.07. The first-order valence-corrected chi connectivity index (χ1v) is 9.04. The molecule has 0 bridgehead atoms. The molecular weight excluding hydrogens is 328 g/mol. The summed E-state index contributed by atoms with van der Waals surface area (Å²) < 4.78 is 7.85. The van der Waals surface area contributed by atoms with Gasteiger partial charge in [-0.25, -0.2) is 4.98 Å². The standard InChI is InChI=1S/C20H22N4O2/c25-19(14-24-12-9-15-3-1-2-4-18(15)24)23-16-5-7-17(8-6-16)26-20-13-21-10-11-22-20/h1-4,9-13,16-17H,5-8,14H2,(H,23,25). The normalized spacial score (nSPS) is 20.0. The second-order valence-corrected chi connectivity index (χ2v) is 6.71. The van der Waals surface area contributed by atoms with Crippen LogP contribution in [0.4, 0.5) is 0 Å². The Morgan fingerprint density at radius 2 is 2.00 bits per heavy atom. The Kier molecular flexibility index (Phi) is 4.82. The molecule has 0 aliphatic heterocycles. The third-order valence-corrected chi connectivity index (χ3v) is 4.86. The number of ether oxygens (including phenoxy) is 1. The van der Waals surface area contributed by atoms with Gasteiger partial charge in [0.25, 0.3) is 0 Å². The van der Waals surface area contributed by atoms with E-state index < -0.39 is 0 Å². The maximum atomic E-state index is 12.4. The lowest BCUT2D eigenvalue weighted by atomic mass is 9.93. The summed E-state index contributed by atoms with van der Waals surface area (Å²) in [7, 11) is 0. The summed E-state index contributed by atoms with van der Waals surface area (Å²) in [5.74, 6) is 0.629. The molecule has 3 aromatic rings. The summed E-state index contributed by atoms with van der Waals surface area (Å²) in [6.07, 6.45) is 10.7. The third kappa shape index (κ3) is 3.85. The monoisotopic (exact) mass is 350 g/mol. The van der Waals surface area contributed by atoms with Crippen molar-refractivity contribution < 1.29 is 9.53 Å². The molecular formula is C20H22N4O2. The van der Waals surface area contributed by atoms with Gasteiger partial charge in [-0.2, -0.15) is 0 Å². The van der Waals surface area contributed by atoms with Gasteiger partial charge in [0, 0.05) is 30.1 Å². The molecule has 1 saturated carbocycles. The van der Waals surface area contributed by atoms with Crippen molar-refractivity contribution in [2.24, 2.45) is 0 Å². The number of hydrogen-bond donors (Lipinski definition) is 1. The number of para-hydroxylation sites is 1. The van der Waals surface area contributed by atoms with Crippen LogP contribution in [-0.2, 0) is 11.3 Å². The molecule has 1 fully saturated rings. The van der Waals surface area contributed by atoms with E-state index in [1.54, 1.807) is 18.6 Å². The van der Waals surface area contributed by atoms with Crippen molar-refractivity contribution in [3.8, 4) is 5.88 Å². The molecule has 4 rings (SSSR count). The van der Waals surface area contributed by atoms with Gasteiger partial charge in [-0.05, 0) is 43.2 Å². The zero-order valence-corrected chi connectivity index (χ0v) is 14.5. The van der Waals surface area contributed by atoms with Gasteiger partial charge in [-0.1, -0.05) is 18.2 Å². The Balaban J connectivity index is 1.27. The average molecular weight is 350 g/mol. The first-order valence-electron chi connectivity index (χ1n) is 9.04. The van der Waals surface area contributed by atoms with Crippen molar-refractivity contribution in [3.05, 3.63) is 55.1 Å². The second-order valence-electron chi connectivity index (χ2n) is 6.71. The Hall–Kier alpha value is -2.89. The maximum Gasteiger partial charge on any atom is 0.240 e. The largest absolute Gasteiger partial charge is 0.473 e. The molecule has 6 nitrogen and oxygen atoms in total. The van der Waals surface area contributed by atoms with Crippen LogP contribution in [0.2, 0.25) is 0 Å². The molecule has 1 aliphatic carbocycles. The van der Waals surface area contributed by atoms with E-state index in [-0.39, 0.29) is 18.1 Å². The molecule has 1 aromatic carbocycles. The predicted octanol–water partition coefficient (Wildman–Crippen LogP) is 2.94. The van der Waals surface area contributed by atoms with Crippen LogP contribution in [0.5, 0.6) is 5.88 Å². The van der Waals surface area contributed by atoms with Crippen molar-refractivity contribution in [2.45, 2.75) is 44.4 Å². The highest BCUT2D eigenvalue weighted by molar-refractivity contribution is 5.83. The molecule has 2 aromatic heterocycles. The molecule has 2 heterocycles. The maximum absolute atomic E-state index is 12.4. The molecule has 6 heteroatoms. The summed E-state index contributed by atoms with van der Waals surface area (Å²) in [6, 6.07) is 10.4. The fraction of sp³-hybridized carbons (Fsp3) is 0.350. The van der Waals surface area contributed by atoms with E-state index in [4.69, 9.17) is 4.74 Å². The van der Waals surface area contributed by atoms with E-state index in [2.05, 4.69) is 21.4 Å². The van der Waals surface area contributed by atoms with Gasteiger partial charge in [0.1, 0.15) is 12.6 Å². The molecule has 0 saturated heterocycles. The van der Waals surface area contributed by atoms with Gasteiger partial charge in [-0.15, -0.1) is 0 Å². The zero-order valence-electron chi connectivity index (χ0n) is 14.5. The minimum atomic E-state index is 0.0599. The van der Waals surface area contributed by atoms with Gasteiger partial charge in [0.15, 0.2) is 0 Å². The Bertz CT molecular complexity index is 870. The van der Waals surface area contributed by atoms with E-state index in [1.165, 1.54) is 0 Å². The fourth-order valence-corrected chi connectivity index (χ4v) is 3.55. The van der Waals surface area contributed by atoms with Crippen molar-refractivity contribution in [1.29, 1.82) is 0 Å². The quantitative estimate of drug-likeness (QED) is 0.768. The lowest BCUT2D eigenvalue weighted by molar-refractivity contribution is -0.122. The summed E-state index contributed by atoms with van der Waals surface area (Å²) in [6.45, 7) is 0.351. The number of aromatic nitrogens is 3. The Morgan fingerprint density at radius 1 is 1.15 bits per heavy atom. The van der Waals surface area contributed by atoms with Crippen LogP contribution >= 0.6 is 0 Å². The number of carbonyl (C=O) groups is 1. The highest BCUT2D eigenvalue weighted by Gasteiger charge is 2.24. The smallest absolute Gasteiger partial charge is 0.240 e. The number of benzene rings is 1. The number of fused-ring (bicyclic) bond motifs is 1. The number of hydrogen-bond acceptors (Lipinski definition) is 4. The predicted molar refractivity (Wildman–Crippen MR) is 98.8 cm³/mol. The molecule has 0 unspecified atom stereocenters. The minimum Gasteiger partial charge on any atom is -0.473 e. The van der Waals surface area contributed by atoms with Crippen LogP contribution in [0, 0.1) is 0 Å². The summed E-state index contributed by atoms with van der Waals surface area (Å²) in [5, 5.41) is 4.32. The van der Waals surface area contributed by atoms with Gasteiger partial charge in [0.2, 0.25) is 11.8 Å². The number of carbonyl (C=O) groups excluding carboxylic acids is 1. The van der Waals surface area contributed by atoms with Crippen LogP contribution in [0.25, 0.3) is 10.9 Å². The summed E-state index contributed by atoms with van der Waals surface area (Å²) in [5.41, 5.74) is 1.09. The zero-order chi connectivity index (χ0) is 17.8. The van der Waals surface area contributed by atoms with Crippen LogP contribution in [0.3, 0.4) is 0 Å². The highest BCUT2D eigenvalue weighted by atomic mass is 16.5. The highest BCUT2D eigenvalue weighted by Crippen LogP contribution is 2.22. The first-order chi connectivity index (χ1) is 12.8. The fourth-order valence-electron chi connectivity index (χ4n) is 3.55. The topological polar surface area (TPSA) is 69.0 Å². The van der Waals surface area contributed by atoms with E-state index in [0.717, 1.165) is 36.6 Å². The van der Waals surface area contributed by atoms with Crippen LogP contribution in [0.15, 0.2) is 55.1 Å². The van der Waals surface area contributed by atoms with Crippen molar-refractivity contribution in [2.75, 3.05) is 0 Å². The van der Waals surface area contributed by atoms with Gasteiger partial charge < -0.3 is 14.6 Å². The van der Waals surface area contributed by atoms with Gasteiger partial charge in [0.05, 0.1) is 6.20 Å². The van der Waals surface area contributed by atoms with Crippen molar-refractivity contribution in [1.82, 2.24) is 19.9 Å². The molecule has 0 spiro atoms. The van der Waals surface area contributed by atoms with E-state index in [9.17, 15) is 4.79 Å².